The van der Waals surface area contributed by atoms with Crippen molar-refractivity contribution in [2.75, 3.05) is 5.32 Å². The molecule has 0 amide bonds. The quantitative estimate of drug-likeness (QED) is 0.817. The average Bonchev–Trinajstić information content (AvgIpc) is 3.31. The molecule has 0 aromatic heterocycles. The summed E-state index contributed by atoms with van der Waals surface area (Å²) >= 11 is 0. The van der Waals surface area contributed by atoms with E-state index in [0.717, 1.165) is 18.2 Å². The van der Waals surface area contributed by atoms with Crippen LogP contribution in [0.1, 0.15) is 50.3 Å². The Kier molecular flexibility index (Phi) is 5.74. The lowest BCUT2D eigenvalue weighted by Crippen LogP contribution is -2.33. The molecule has 2 atom stereocenters. The molecule has 1 aliphatic carbocycles. The molecule has 1 aromatic carbocycles. The predicted octanol–water partition coefficient (Wildman–Crippen LogP) is 3.87. The van der Waals surface area contributed by atoms with Gasteiger partial charge in [0.1, 0.15) is 0 Å². The highest BCUT2D eigenvalue weighted by atomic mass is 19.4. The highest BCUT2D eigenvalue weighted by molar-refractivity contribution is 5.57. The summed E-state index contributed by atoms with van der Waals surface area (Å²) in [5.41, 5.74) is 6.73. The molecule has 0 unspecified atom stereocenters. The number of nitrogens with two attached hydrogens (primary N) is 1. The van der Waals surface area contributed by atoms with Gasteiger partial charge < -0.3 is 15.8 Å². The van der Waals surface area contributed by atoms with Gasteiger partial charge >= 0.3 is 6.18 Å². The fourth-order valence-electron chi connectivity index (χ4n) is 2.76. The van der Waals surface area contributed by atoms with Gasteiger partial charge in [-0.15, -0.1) is 0 Å². The average molecular weight is 344 g/mol. The maximum atomic E-state index is 12.6. The van der Waals surface area contributed by atoms with E-state index in [4.69, 9.17) is 5.73 Å². The summed E-state index contributed by atoms with van der Waals surface area (Å²) in [6.07, 6.45) is -1.16. The first-order valence-corrected chi connectivity index (χ1v) is 8.04. The van der Waals surface area contributed by atoms with Gasteiger partial charge in [0.2, 0.25) is 0 Å². The van der Waals surface area contributed by atoms with E-state index in [0.29, 0.717) is 24.0 Å². The molecule has 134 valence electrons. The SMILES string of the molecule is CC(C)OC=O.N[C@H]1C[C@@H](C2CC2)Nc2ccc(C(F)(F)F)cc21. The molecule has 2 aliphatic rings. The second kappa shape index (κ2) is 7.42. The number of anilines is 1. The van der Waals surface area contributed by atoms with E-state index in [9.17, 15) is 18.0 Å². The van der Waals surface area contributed by atoms with Gasteiger partial charge in [0.05, 0.1) is 11.7 Å². The van der Waals surface area contributed by atoms with E-state index in [-0.39, 0.29) is 12.1 Å². The molecule has 0 spiro atoms. The fraction of sp³-hybridized carbons (Fsp3) is 0.588. The molecule has 1 heterocycles. The second-order valence-electron chi connectivity index (χ2n) is 6.51. The summed E-state index contributed by atoms with van der Waals surface area (Å²) in [5, 5.41) is 3.32. The van der Waals surface area contributed by atoms with Crippen molar-refractivity contribution in [1.82, 2.24) is 0 Å². The van der Waals surface area contributed by atoms with Gasteiger partial charge in [-0.3, -0.25) is 4.79 Å². The number of hydrogen-bond donors (Lipinski definition) is 2. The summed E-state index contributed by atoms with van der Waals surface area (Å²) in [7, 11) is 0. The Balaban J connectivity index is 0.000000301. The second-order valence-corrected chi connectivity index (χ2v) is 6.51. The number of ether oxygens (including phenoxy) is 1. The lowest BCUT2D eigenvalue weighted by molar-refractivity contribution is -0.137. The summed E-state index contributed by atoms with van der Waals surface area (Å²) in [5.74, 6) is 0.645. The molecule has 3 N–H and O–H groups in total. The van der Waals surface area contributed by atoms with E-state index < -0.39 is 11.7 Å². The molecule has 4 nitrogen and oxygen atoms in total. The molecule has 7 heteroatoms. The van der Waals surface area contributed by atoms with Crippen molar-refractivity contribution in [3.63, 3.8) is 0 Å². The van der Waals surface area contributed by atoms with E-state index in [1.54, 1.807) is 13.8 Å². The van der Waals surface area contributed by atoms with Crippen molar-refractivity contribution in [3.05, 3.63) is 29.3 Å². The number of hydrogen-bond acceptors (Lipinski definition) is 4. The molecular formula is C17H23F3N2O2. The van der Waals surface area contributed by atoms with Gasteiger partial charge in [-0.1, -0.05) is 0 Å². The smallest absolute Gasteiger partial charge is 0.416 e. The van der Waals surface area contributed by atoms with Gasteiger partial charge in [-0.2, -0.15) is 13.2 Å². The van der Waals surface area contributed by atoms with Crippen molar-refractivity contribution >= 4 is 12.2 Å². The number of halogens is 3. The van der Waals surface area contributed by atoms with Crippen LogP contribution in [0.3, 0.4) is 0 Å². The monoisotopic (exact) mass is 344 g/mol. The topological polar surface area (TPSA) is 64.3 Å². The first-order chi connectivity index (χ1) is 11.2. The van der Waals surface area contributed by atoms with Crippen LogP contribution in [0, 0.1) is 5.92 Å². The van der Waals surface area contributed by atoms with Crippen LogP contribution in [0.2, 0.25) is 0 Å². The molecule has 1 fully saturated rings. The Morgan fingerprint density at radius 2 is 2.00 bits per heavy atom. The minimum absolute atomic E-state index is 0.0301. The van der Waals surface area contributed by atoms with Crippen LogP contribution in [0.4, 0.5) is 18.9 Å². The van der Waals surface area contributed by atoms with Crippen molar-refractivity contribution in [1.29, 1.82) is 0 Å². The van der Waals surface area contributed by atoms with Crippen molar-refractivity contribution in [2.24, 2.45) is 11.7 Å². The summed E-state index contributed by atoms with van der Waals surface area (Å²) in [6.45, 7) is 4.05. The van der Waals surface area contributed by atoms with Gasteiger partial charge in [-0.05, 0) is 62.8 Å². The van der Waals surface area contributed by atoms with E-state index >= 15 is 0 Å². The first-order valence-electron chi connectivity index (χ1n) is 8.04. The number of rotatable bonds is 3. The molecule has 1 saturated carbocycles. The fourth-order valence-corrected chi connectivity index (χ4v) is 2.76. The van der Waals surface area contributed by atoms with E-state index in [1.807, 2.05) is 0 Å². The Bertz CT molecular complexity index is 571. The Morgan fingerprint density at radius 1 is 1.33 bits per heavy atom. The van der Waals surface area contributed by atoms with Gasteiger partial charge in [0, 0.05) is 17.8 Å². The van der Waals surface area contributed by atoms with Crippen LogP contribution in [0.15, 0.2) is 18.2 Å². The zero-order chi connectivity index (χ0) is 17.9. The molecular weight excluding hydrogens is 321 g/mol. The molecule has 24 heavy (non-hydrogen) atoms. The highest BCUT2D eigenvalue weighted by Gasteiger charge is 2.37. The molecule has 3 rings (SSSR count). The van der Waals surface area contributed by atoms with Crippen molar-refractivity contribution in [2.45, 2.75) is 57.5 Å². The summed E-state index contributed by atoms with van der Waals surface area (Å²) < 4.78 is 42.3. The summed E-state index contributed by atoms with van der Waals surface area (Å²) in [4.78, 5) is 9.39. The highest BCUT2D eigenvalue weighted by Crippen LogP contribution is 2.43. The van der Waals surface area contributed by atoms with E-state index in [1.165, 1.54) is 25.0 Å². The number of fused-ring (bicyclic) bond motifs is 1. The lowest BCUT2D eigenvalue weighted by atomic mass is 9.90. The van der Waals surface area contributed by atoms with Gasteiger partial charge in [0.15, 0.2) is 0 Å². The first kappa shape index (κ1) is 18.6. The van der Waals surface area contributed by atoms with E-state index in [2.05, 4.69) is 10.1 Å². The number of nitrogens with one attached hydrogen (secondary N) is 1. The maximum Gasteiger partial charge on any atom is 0.416 e. The van der Waals surface area contributed by atoms with Gasteiger partial charge in [0.25, 0.3) is 6.47 Å². The molecule has 0 saturated heterocycles. The van der Waals surface area contributed by atoms with Crippen LogP contribution in [-0.4, -0.2) is 18.6 Å². The molecule has 1 aromatic rings. The normalized spacial score (nSPS) is 22.8. The van der Waals surface area contributed by atoms with Crippen molar-refractivity contribution in [3.8, 4) is 0 Å². The third kappa shape index (κ3) is 4.87. The Hall–Kier alpha value is -1.76. The standard InChI is InChI=1S/C13H15F3N2.C4H8O2/c14-13(15,16)8-3-4-11-9(5-8)10(17)6-12(18-11)7-1-2-7;1-4(2)6-3-5/h3-5,7,10,12,18H,1-2,6,17H2;3-4H,1-2H3/t10-,12-;/m0./s1. The van der Waals surface area contributed by atoms with Crippen LogP contribution >= 0.6 is 0 Å². The maximum absolute atomic E-state index is 12.6. The van der Waals surface area contributed by atoms with Crippen molar-refractivity contribution < 1.29 is 22.7 Å². The van der Waals surface area contributed by atoms with Gasteiger partial charge in [-0.25, -0.2) is 0 Å². The number of alkyl halides is 3. The lowest BCUT2D eigenvalue weighted by Gasteiger charge is -2.32. The van der Waals surface area contributed by atoms with Crippen LogP contribution in [0.5, 0.6) is 0 Å². The minimum Gasteiger partial charge on any atom is -0.465 e. The molecule has 0 bridgehead atoms. The summed E-state index contributed by atoms with van der Waals surface area (Å²) in [6, 6.07) is 3.83. The predicted molar refractivity (Wildman–Crippen MR) is 85.4 cm³/mol. The minimum atomic E-state index is -4.30. The number of carbonyl (C=O) groups excluding carboxylic acids is 1. The molecule has 1 aliphatic heterocycles. The van der Waals surface area contributed by atoms with Crippen LogP contribution < -0.4 is 11.1 Å². The van der Waals surface area contributed by atoms with Crippen LogP contribution in [0.25, 0.3) is 0 Å². The molecule has 0 radical (unpaired) electrons. The number of carbonyl (C=O) groups is 1. The largest absolute Gasteiger partial charge is 0.465 e. The Morgan fingerprint density at radius 3 is 2.46 bits per heavy atom. The number of benzene rings is 1. The Labute approximate surface area is 139 Å². The van der Waals surface area contributed by atoms with Crippen LogP contribution in [-0.2, 0) is 15.7 Å². The third-order valence-electron chi connectivity index (χ3n) is 4.15. The zero-order valence-corrected chi connectivity index (χ0v) is 13.8. The third-order valence-corrected chi connectivity index (χ3v) is 4.15. The zero-order valence-electron chi connectivity index (χ0n) is 13.8.